The molecular weight excluding hydrogens is 191 g/mol. The van der Waals surface area contributed by atoms with Gasteiger partial charge in [-0.15, -0.1) is 0 Å². The number of halogens is 1. The summed E-state index contributed by atoms with van der Waals surface area (Å²) in [7, 11) is 0. The van der Waals surface area contributed by atoms with Gasteiger partial charge < -0.3 is 4.90 Å². The molecule has 2 atom stereocenters. The second-order valence-corrected chi connectivity index (χ2v) is 3.45. The van der Waals surface area contributed by atoms with Gasteiger partial charge in [0.05, 0.1) is 6.04 Å². The number of hydrogen-bond acceptors (Lipinski definition) is 3. The van der Waals surface area contributed by atoms with Crippen LogP contribution in [0, 0.1) is 0 Å². The number of ketones is 1. The molecule has 0 aromatic carbocycles. The van der Waals surface area contributed by atoms with Gasteiger partial charge in [0.15, 0.2) is 6.17 Å². The fourth-order valence-corrected chi connectivity index (χ4v) is 1.79. The van der Waals surface area contributed by atoms with Crippen molar-refractivity contribution in [2.75, 3.05) is 6.54 Å². The molecule has 1 N–H and O–H groups in total. The van der Waals surface area contributed by atoms with Crippen LogP contribution in [0.2, 0.25) is 0 Å². The molecule has 2 heterocycles. The zero-order valence-electron chi connectivity index (χ0n) is 7.33. The van der Waals surface area contributed by atoms with Crippen molar-refractivity contribution in [3.05, 3.63) is 0 Å². The fraction of sp³-hybridized carbons (Fsp3) is 0.625. The Morgan fingerprint density at radius 3 is 2.79 bits per heavy atom. The minimum Gasteiger partial charge on any atom is -0.317 e. The Morgan fingerprint density at radius 1 is 1.36 bits per heavy atom. The summed E-state index contributed by atoms with van der Waals surface area (Å²) in [6.45, 7) is 0.197. The summed E-state index contributed by atoms with van der Waals surface area (Å²) in [5.74, 6) is -1.04. The summed E-state index contributed by atoms with van der Waals surface area (Å²) < 4.78 is 13.3. The SMILES string of the molecule is O=C1CCN2C(=O)NC(=O)C(F)C2C1. The number of nitrogens with one attached hydrogen (secondary N) is 1. The third kappa shape index (κ3) is 1.26. The molecule has 0 aliphatic carbocycles. The maximum atomic E-state index is 13.3. The van der Waals surface area contributed by atoms with Gasteiger partial charge >= 0.3 is 6.03 Å². The number of rotatable bonds is 0. The van der Waals surface area contributed by atoms with Crippen molar-refractivity contribution in [1.29, 1.82) is 0 Å². The number of alkyl halides is 1. The van der Waals surface area contributed by atoms with Crippen LogP contribution in [0.1, 0.15) is 12.8 Å². The number of urea groups is 1. The molecule has 2 saturated heterocycles. The van der Waals surface area contributed by atoms with Crippen molar-refractivity contribution >= 4 is 17.7 Å². The summed E-state index contributed by atoms with van der Waals surface area (Å²) >= 11 is 0. The lowest BCUT2D eigenvalue weighted by molar-refractivity contribution is -0.133. The smallest absolute Gasteiger partial charge is 0.317 e. The molecule has 2 aliphatic heterocycles. The van der Waals surface area contributed by atoms with Gasteiger partial charge in [0.25, 0.3) is 5.91 Å². The Balaban J connectivity index is 2.23. The molecule has 76 valence electrons. The van der Waals surface area contributed by atoms with Crippen LogP contribution in [0.15, 0.2) is 0 Å². The molecule has 3 amide bonds. The van der Waals surface area contributed by atoms with E-state index in [1.54, 1.807) is 0 Å². The van der Waals surface area contributed by atoms with Crippen LogP contribution >= 0.6 is 0 Å². The number of Topliss-reactive ketones (excluding diaryl/α,β-unsaturated/α-hetero) is 1. The van der Waals surface area contributed by atoms with Gasteiger partial charge in [-0.2, -0.15) is 0 Å². The van der Waals surface area contributed by atoms with Gasteiger partial charge in [-0.1, -0.05) is 0 Å². The molecule has 2 fully saturated rings. The number of nitrogens with zero attached hydrogens (tertiary/aromatic N) is 1. The topological polar surface area (TPSA) is 66.5 Å². The van der Waals surface area contributed by atoms with E-state index in [0.29, 0.717) is 0 Å². The number of carbonyl (C=O) groups excluding carboxylic acids is 3. The van der Waals surface area contributed by atoms with Crippen LogP contribution in [-0.2, 0) is 9.59 Å². The summed E-state index contributed by atoms with van der Waals surface area (Å²) in [4.78, 5) is 34.4. The highest BCUT2D eigenvalue weighted by Gasteiger charge is 2.44. The number of piperidine rings is 1. The standard InChI is InChI=1S/C8H9FN2O3/c9-6-5-3-4(12)1-2-11(5)8(14)10-7(6)13/h5-6H,1-3H2,(H,10,13,14). The van der Waals surface area contributed by atoms with Gasteiger partial charge in [-0.05, 0) is 0 Å². The first-order chi connectivity index (χ1) is 6.59. The number of imide groups is 1. The second kappa shape index (κ2) is 3.04. The summed E-state index contributed by atoms with van der Waals surface area (Å²) in [5, 5.41) is 1.90. The van der Waals surface area contributed by atoms with Crippen LogP contribution in [0.4, 0.5) is 9.18 Å². The number of carbonyl (C=O) groups is 3. The molecule has 2 unspecified atom stereocenters. The summed E-state index contributed by atoms with van der Waals surface area (Å²) in [6.07, 6.45) is -1.59. The van der Waals surface area contributed by atoms with Gasteiger partial charge in [0.2, 0.25) is 0 Å². The van der Waals surface area contributed by atoms with Crippen LogP contribution < -0.4 is 5.32 Å². The molecule has 0 bridgehead atoms. The zero-order valence-corrected chi connectivity index (χ0v) is 7.33. The van der Waals surface area contributed by atoms with E-state index in [9.17, 15) is 18.8 Å². The van der Waals surface area contributed by atoms with Crippen molar-refractivity contribution in [2.45, 2.75) is 25.1 Å². The highest BCUT2D eigenvalue weighted by Crippen LogP contribution is 2.22. The van der Waals surface area contributed by atoms with Gasteiger partial charge in [0, 0.05) is 19.4 Å². The summed E-state index contributed by atoms with van der Waals surface area (Å²) in [5.41, 5.74) is 0. The van der Waals surface area contributed by atoms with Crippen molar-refractivity contribution in [3.8, 4) is 0 Å². The summed E-state index contributed by atoms with van der Waals surface area (Å²) in [6, 6.07) is -1.49. The third-order valence-electron chi connectivity index (χ3n) is 2.55. The minimum atomic E-state index is -1.78. The highest BCUT2D eigenvalue weighted by atomic mass is 19.1. The van der Waals surface area contributed by atoms with E-state index in [2.05, 4.69) is 0 Å². The molecule has 0 radical (unpaired) electrons. The van der Waals surface area contributed by atoms with Gasteiger partial charge in [0.1, 0.15) is 5.78 Å². The zero-order chi connectivity index (χ0) is 10.3. The number of hydrogen-bond donors (Lipinski definition) is 1. The number of fused-ring (bicyclic) bond motifs is 1. The molecule has 2 aliphatic rings. The van der Waals surface area contributed by atoms with E-state index < -0.39 is 24.2 Å². The molecular formula is C8H9FN2O3. The van der Waals surface area contributed by atoms with E-state index in [0.717, 1.165) is 0 Å². The average molecular weight is 200 g/mol. The van der Waals surface area contributed by atoms with Crippen LogP contribution in [0.5, 0.6) is 0 Å². The molecule has 0 aromatic rings. The second-order valence-electron chi connectivity index (χ2n) is 3.45. The molecule has 14 heavy (non-hydrogen) atoms. The number of amides is 3. The third-order valence-corrected chi connectivity index (χ3v) is 2.55. The molecule has 5 nitrogen and oxygen atoms in total. The Labute approximate surface area is 79.2 Å². The predicted octanol–water partition coefficient (Wildman–Crippen LogP) is -0.392. The Morgan fingerprint density at radius 2 is 2.07 bits per heavy atom. The Bertz CT molecular complexity index is 318. The van der Waals surface area contributed by atoms with E-state index in [4.69, 9.17) is 0 Å². The Hall–Kier alpha value is -1.46. The van der Waals surface area contributed by atoms with Gasteiger partial charge in [-0.25, -0.2) is 9.18 Å². The predicted molar refractivity (Wildman–Crippen MR) is 43.2 cm³/mol. The van der Waals surface area contributed by atoms with E-state index in [-0.39, 0.29) is 25.2 Å². The lowest BCUT2D eigenvalue weighted by Gasteiger charge is -2.39. The van der Waals surface area contributed by atoms with Crippen molar-refractivity contribution in [2.24, 2.45) is 0 Å². The van der Waals surface area contributed by atoms with Crippen LogP contribution in [0.25, 0.3) is 0 Å². The normalized spacial score (nSPS) is 32.6. The van der Waals surface area contributed by atoms with Gasteiger partial charge in [-0.3, -0.25) is 14.9 Å². The maximum Gasteiger partial charge on any atom is 0.324 e. The maximum absolute atomic E-state index is 13.3. The first kappa shape index (κ1) is 9.11. The van der Waals surface area contributed by atoms with Crippen LogP contribution in [-0.4, -0.2) is 41.4 Å². The van der Waals surface area contributed by atoms with Crippen LogP contribution in [0.3, 0.4) is 0 Å². The first-order valence-electron chi connectivity index (χ1n) is 4.37. The molecule has 0 aromatic heterocycles. The Kier molecular flexibility index (Phi) is 1.98. The lowest BCUT2D eigenvalue weighted by Crippen LogP contribution is -2.63. The fourth-order valence-electron chi connectivity index (χ4n) is 1.79. The molecule has 6 heteroatoms. The van der Waals surface area contributed by atoms with E-state index in [1.807, 2.05) is 5.32 Å². The lowest BCUT2D eigenvalue weighted by atomic mass is 9.95. The molecule has 0 spiro atoms. The monoisotopic (exact) mass is 200 g/mol. The highest BCUT2D eigenvalue weighted by molar-refractivity contribution is 6.01. The molecule has 2 rings (SSSR count). The van der Waals surface area contributed by atoms with Crippen molar-refractivity contribution in [1.82, 2.24) is 10.2 Å². The average Bonchev–Trinajstić information content (AvgIpc) is 2.14. The molecule has 0 saturated carbocycles. The van der Waals surface area contributed by atoms with Crippen molar-refractivity contribution in [3.63, 3.8) is 0 Å². The van der Waals surface area contributed by atoms with Crippen molar-refractivity contribution < 1.29 is 18.8 Å². The minimum absolute atomic E-state index is 0.0552. The van der Waals surface area contributed by atoms with E-state index in [1.165, 1.54) is 4.90 Å². The largest absolute Gasteiger partial charge is 0.324 e. The van der Waals surface area contributed by atoms with E-state index >= 15 is 0 Å². The quantitative estimate of drug-likeness (QED) is 0.579. The first-order valence-corrected chi connectivity index (χ1v) is 4.37.